The lowest BCUT2D eigenvalue weighted by molar-refractivity contribution is -0.121. The molecule has 2 aromatic heterocycles. The molecule has 2 aromatic rings. The Kier molecular flexibility index (Phi) is 4.36. The molecular formula is C15H14N4O4S. The summed E-state index contributed by atoms with van der Waals surface area (Å²) >= 11 is 0. The number of anilines is 1. The van der Waals surface area contributed by atoms with E-state index in [0.29, 0.717) is 0 Å². The molecule has 0 radical (unpaired) electrons. The van der Waals surface area contributed by atoms with Gasteiger partial charge in [-0.1, -0.05) is 0 Å². The molecule has 0 spiro atoms. The minimum Gasteiger partial charge on any atom is -0.274 e. The molecule has 1 saturated heterocycles. The lowest BCUT2D eigenvalue weighted by atomic mass is 10.3. The van der Waals surface area contributed by atoms with E-state index in [1.807, 2.05) is 0 Å². The van der Waals surface area contributed by atoms with Gasteiger partial charge < -0.3 is 0 Å². The first kappa shape index (κ1) is 16.2. The predicted octanol–water partition coefficient (Wildman–Crippen LogP) is 0.608. The molecule has 0 saturated carbocycles. The Morgan fingerprint density at radius 3 is 2.29 bits per heavy atom. The maximum atomic E-state index is 12.3. The molecule has 0 bridgehead atoms. The summed E-state index contributed by atoms with van der Waals surface area (Å²) in [5.41, 5.74) is 0.770. The summed E-state index contributed by atoms with van der Waals surface area (Å²) in [6.45, 7) is 0.121. The van der Waals surface area contributed by atoms with E-state index < -0.39 is 10.0 Å². The number of rotatable bonds is 5. The molecule has 9 heteroatoms. The van der Waals surface area contributed by atoms with Gasteiger partial charge in [0.1, 0.15) is 10.7 Å². The van der Waals surface area contributed by atoms with Crippen LogP contribution in [-0.4, -0.2) is 30.2 Å². The summed E-state index contributed by atoms with van der Waals surface area (Å²) in [6.07, 6.45) is 4.57. The van der Waals surface area contributed by atoms with E-state index in [0.717, 1.165) is 16.7 Å². The summed E-state index contributed by atoms with van der Waals surface area (Å²) in [4.78, 5) is 32.0. The van der Waals surface area contributed by atoms with Crippen LogP contribution in [0.3, 0.4) is 0 Å². The van der Waals surface area contributed by atoms with E-state index >= 15 is 0 Å². The maximum absolute atomic E-state index is 12.3. The number of sulfonamides is 1. The Balaban J connectivity index is 1.74. The van der Waals surface area contributed by atoms with Crippen LogP contribution in [0.2, 0.25) is 0 Å². The quantitative estimate of drug-likeness (QED) is 0.795. The second-order valence-electron chi connectivity index (χ2n) is 5.16. The maximum Gasteiger partial charge on any atom is 0.242 e. The fourth-order valence-electron chi connectivity index (χ4n) is 2.26. The summed E-state index contributed by atoms with van der Waals surface area (Å²) in [5.74, 6) is -0.534. The third-order valence-corrected chi connectivity index (χ3v) is 4.91. The Bertz CT molecular complexity index is 850. The molecular weight excluding hydrogens is 332 g/mol. The molecule has 1 fully saturated rings. The molecule has 2 amide bonds. The van der Waals surface area contributed by atoms with Crippen LogP contribution in [0, 0.1) is 0 Å². The molecule has 0 unspecified atom stereocenters. The highest BCUT2D eigenvalue weighted by Crippen LogP contribution is 2.21. The van der Waals surface area contributed by atoms with Gasteiger partial charge >= 0.3 is 0 Å². The zero-order valence-electron chi connectivity index (χ0n) is 12.5. The van der Waals surface area contributed by atoms with E-state index in [4.69, 9.17) is 0 Å². The molecule has 0 aromatic carbocycles. The van der Waals surface area contributed by atoms with Crippen molar-refractivity contribution in [3.05, 3.63) is 48.4 Å². The number of aromatic nitrogens is 2. The molecule has 0 aliphatic carbocycles. The van der Waals surface area contributed by atoms with Crippen LogP contribution in [0.15, 0.2) is 47.8 Å². The van der Waals surface area contributed by atoms with Gasteiger partial charge in [0.05, 0.1) is 0 Å². The molecule has 1 N–H and O–H groups in total. The van der Waals surface area contributed by atoms with Gasteiger partial charge in [-0.15, -0.1) is 0 Å². The lowest BCUT2D eigenvalue weighted by Gasteiger charge is -2.13. The van der Waals surface area contributed by atoms with E-state index in [2.05, 4.69) is 14.7 Å². The van der Waals surface area contributed by atoms with E-state index in [9.17, 15) is 18.0 Å². The Labute approximate surface area is 138 Å². The van der Waals surface area contributed by atoms with Crippen molar-refractivity contribution in [1.82, 2.24) is 14.7 Å². The zero-order chi connectivity index (χ0) is 17.2. The van der Waals surface area contributed by atoms with Crippen molar-refractivity contribution >= 4 is 27.7 Å². The monoisotopic (exact) mass is 346 g/mol. The number of hydrogen-bond acceptors (Lipinski definition) is 6. The van der Waals surface area contributed by atoms with Crippen LogP contribution in [-0.2, 0) is 26.2 Å². The van der Waals surface area contributed by atoms with Crippen molar-refractivity contribution in [3.8, 4) is 0 Å². The molecule has 24 heavy (non-hydrogen) atoms. The van der Waals surface area contributed by atoms with Crippen LogP contribution in [0.4, 0.5) is 5.82 Å². The second kappa shape index (κ2) is 6.46. The van der Waals surface area contributed by atoms with Gasteiger partial charge in [0.2, 0.25) is 21.8 Å². The third-order valence-electron chi connectivity index (χ3n) is 3.53. The number of nitrogens with one attached hydrogen (secondary N) is 1. The molecule has 0 atom stereocenters. The number of pyridine rings is 2. The fraction of sp³-hybridized carbons (Fsp3) is 0.200. The summed E-state index contributed by atoms with van der Waals surface area (Å²) in [7, 11) is -3.75. The van der Waals surface area contributed by atoms with Crippen LogP contribution < -0.4 is 9.62 Å². The summed E-state index contributed by atoms with van der Waals surface area (Å²) < 4.78 is 27.0. The van der Waals surface area contributed by atoms with Gasteiger partial charge in [0.15, 0.2) is 0 Å². The van der Waals surface area contributed by atoms with Crippen LogP contribution in [0.1, 0.15) is 18.4 Å². The van der Waals surface area contributed by atoms with Gasteiger partial charge in [0.25, 0.3) is 0 Å². The fourth-order valence-corrected chi connectivity index (χ4v) is 3.22. The predicted molar refractivity (Wildman–Crippen MR) is 84.2 cm³/mol. The van der Waals surface area contributed by atoms with Crippen LogP contribution >= 0.6 is 0 Å². The van der Waals surface area contributed by atoms with Crippen molar-refractivity contribution in [2.75, 3.05) is 4.90 Å². The highest BCUT2D eigenvalue weighted by molar-refractivity contribution is 7.89. The molecule has 124 valence electrons. The number of carbonyl (C=O) groups excluding carboxylic acids is 2. The first-order chi connectivity index (χ1) is 11.5. The van der Waals surface area contributed by atoms with Crippen molar-refractivity contribution in [3.63, 3.8) is 0 Å². The highest BCUT2D eigenvalue weighted by Gasteiger charge is 2.31. The number of imide groups is 1. The number of amides is 2. The normalized spacial score (nSPS) is 15.1. The van der Waals surface area contributed by atoms with Gasteiger partial charge in [-0.25, -0.2) is 23.0 Å². The van der Waals surface area contributed by atoms with E-state index in [1.165, 1.54) is 12.1 Å². The van der Waals surface area contributed by atoms with Gasteiger partial charge in [-0.3, -0.25) is 14.6 Å². The van der Waals surface area contributed by atoms with Crippen molar-refractivity contribution in [1.29, 1.82) is 0 Å². The molecule has 3 heterocycles. The van der Waals surface area contributed by atoms with Crippen molar-refractivity contribution in [2.24, 2.45) is 0 Å². The minimum absolute atomic E-state index is 0.0422. The average molecular weight is 346 g/mol. The summed E-state index contributed by atoms with van der Waals surface area (Å²) in [5, 5.41) is 0. The van der Waals surface area contributed by atoms with Crippen molar-refractivity contribution in [2.45, 2.75) is 24.3 Å². The summed E-state index contributed by atoms with van der Waals surface area (Å²) in [6, 6.07) is 6.07. The van der Waals surface area contributed by atoms with Gasteiger partial charge in [-0.2, -0.15) is 0 Å². The Morgan fingerprint density at radius 2 is 1.71 bits per heavy atom. The standard InChI is InChI=1S/C15H14N4O4S/c20-14-3-4-15(21)19(14)13-2-1-12(10-17-13)24(22,23)18-9-11-5-7-16-8-6-11/h1-2,5-8,10,18H,3-4,9H2. The first-order valence-electron chi connectivity index (χ1n) is 7.18. The molecule has 1 aliphatic heterocycles. The van der Waals surface area contributed by atoms with Gasteiger partial charge in [-0.05, 0) is 29.8 Å². The second-order valence-corrected chi connectivity index (χ2v) is 6.92. The molecule has 3 rings (SSSR count). The van der Waals surface area contributed by atoms with E-state index in [-0.39, 0.29) is 41.9 Å². The van der Waals surface area contributed by atoms with E-state index in [1.54, 1.807) is 24.5 Å². The third kappa shape index (κ3) is 3.31. The number of hydrogen-bond donors (Lipinski definition) is 1. The Morgan fingerprint density at radius 1 is 1.04 bits per heavy atom. The largest absolute Gasteiger partial charge is 0.274 e. The molecule has 1 aliphatic rings. The number of carbonyl (C=O) groups is 2. The smallest absolute Gasteiger partial charge is 0.242 e. The minimum atomic E-state index is -3.75. The lowest BCUT2D eigenvalue weighted by Crippen LogP contribution is -2.29. The van der Waals surface area contributed by atoms with Crippen molar-refractivity contribution < 1.29 is 18.0 Å². The Hall–Kier alpha value is -2.65. The first-order valence-corrected chi connectivity index (χ1v) is 8.66. The van der Waals surface area contributed by atoms with Gasteiger partial charge in [0, 0.05) is 38.0 Å². The molecule has 8 nitrogen and oxygen atoms in total. The average Bonchev–Trinajstić information content (AvgIpc) is 2.93. The topological polar surface area (TPSA) is 109 Å². The SMILES string of the molecule is O=C1CCC(=O)N1c1ccc(S(=O)(=O)NCc2ccncc2)cn1. The zero-order valence-corrected chi connectivity index (χ0v) is 13.4. The highest BCUT2D eigenvalue weighted by atomic mass is 32.2. The van der Waals surface area contributed by atoms with Crippen LogP contribution in [0.5, 0.6) is 0 Å². The van der Waals surface area contributed by atoms with Crippen LogP contribution in [0.25, 0.3) is 0 Å². The number of nitrogens with zero attached hydrogens (tertiary/aromatic N) is 3.